The number of benzene rings is 2. The molecule has 0 unspecified atom stereocenters. The van der Waals surface area contributed by atoms with Crippen LogP contribution >= 0.6 is 0 Å². The van der Waals surface area contributed by atoms with E-state index in [9.17, 15) is 17.6 Å². The summed E-state index contributed by atoms with van der Waals surface area (Å²) in [7, 11) is -3.47. The van der Waals surface area contributed by atoms with Gasteiger partial charge in [0, 0.05) is 30.8 Å². The van der Waals surface area contributed by atoms with Crippen LogP contribution in [0.15, 0.2) is 59.8 Å². The molecule has 3 rings (SSSR count). The van der Waals surface area contributed by atoms with Crippen molar-refractivity contribution in [2.75, 3.05) is 19.5 Å². The molecule has 0 aliphatic rings. The van der Waals surface area contributed by atoms with E-state index >= 15 is 0 Å². The van der Waals surface area contributed by atoms with E-state index in [1.807, 2.05) is 30.0 Å². The lowest BCUT2D eigenvalue weighted by Crippen LogP contribution is -2.09. The number of rotatable bonds is 7. The first-order valence-electron chi connectivity index (χ1n) is 9.76. The molecule has 0 bridgehead atoms. The zero-order valence-electron chi connectivity index (χ0n) is 17.6. The number of ether oxygens (including phenoxy) is 2. The fourth-order valence-electron chi connectivity index (χ4n) is 3.23. The van der Waals surface area contributed by atoms with E-state index in [1.54, 1.807) is 31.2 Å². The maximum Gasteiger partial charge on any atom is 0.508 e. The van der Waals surface area contributed by atoms with Crippen LogP contribution in [0.4, 0.5) is 9.18 Å². The molecule has 31 heavy (non-hydrogen) atoms. The van der Waals surface area contributed by atoms with Crippen LogP contribution in [0.1, 0.15) is 18.1 Å². The molecule has 0 aliphatic carbocycles. The Kier molecular flexibility index (Phi) is 6.80. The molecule has 0 aliphatic heterocycles. The molecule has 0 N–H and O–H groups in total. The maximum absolute atomic E-state index is 13.4. The predicted molar refractivity (Wildman–Crippen MR) is 116 cm³/mol. The van der Waals surface area contributed by atoms with Crippen molar-refractivity contribution < 1.29 is 27.1 Å². The molecular weight excluding hydrogens is 421 g/mol. The summed E-state index contributed by atoms with van der Waals surface area (Å²) in [5, 5.41) is 0. The van der Waals surface area contributed by atoms with E-state index in [0.29, 0.717) is 17.7 Å². The van der Waals surface area contributed by atoms with Gasteiger partial charge in [-0.2, -0.15) is 0 Å². The average molecular weight is 446 g/mol. The first-order valence-corrected chi connectivity index (χ1v) is 11.7. The molecule has 0 amide bonds. The Hall–Kier alpha value is -3.13. The highest BCUT2D eigenvalue weighted by atomic mass is 32.2. The van der Waals surface area contributed by atoms with Crippen molar-refractivity contribution in [2.24, 2.45) is 0 Å². The van der Waals surface area contributed by atoms with E-state index in [1.165, 1.54) is 12.1 Å². The molecule has 0 atom stereocenters. The number of aromatic nitrogens is 1. The van der Waals surface area contributed by atoms with Gasteiger partial charge in [0.1, 0.15) is 5.82 Å². The zero-order chi connectivity index (χ0) is 22.6. The van der Waals surface area contributed by atoms with Gasteiger partial charge in [-0.3, -0.25) is 0 Å². The van der Waals surface area contributed by atoms with Crippen LogP contribution in [0.5, 0.6) is 0 Å². The summed E-state index contributed by atoms with van der Waals surface area (Å²) >= 11 is 0. The predicted octanol–water partition coefficient (Wildman–Crippen LogP) is 4.71. The van der Waals surface area contributed by atoms with Crippen molar-refractivity contribution in [1.82, 2.24) is 4.57 Å². The van der Waals surface area contributed by atoms with E-state index < -0.39 is 16.0 Å². The Balaban J connectivity index is 1.95. The summed E-state index contributed by atoms with van der Waals surface area (Å²) in [4.78, 5) is 11.5. The van der Waals surface area contributed by atoms with Crippen molar-refractivity contribution in [3.05, 3.63) is 71.8 Å². The monoisotopic (exact) mass is 445 g/mol. The number of sulfone groups is 1. The molecule has 1 aromatic heterocycles. The molecule has 1 heterocycles. The Morgan fingerprint density at radius 3 is 2.45 bits per heavy atom. The number of hydrogen-bond acceptors (Lipinski definition) is 5. The van der Waals surface area contributed by atoms with Crippen molar-refractivity contribution in [1.29, 1.82) is 0 Å². The Labute approximate surface area is 181 Å². The zero-order valence-corrected chi connectivity index (χ0v) is 18.4. The average Bonchev–Trinajstić information content (AvgIpc) is 3.17. The molecule has 164 valence electrons. The number of carbonyl (C=O) groups is 1. The number of halogens is 1. The standard InChI is InChI=1S/C23H24FNO5S/c1-4-29-23(26)30-12-10-17-9-11-25(15-17)22-14-20(31(3,27)28)13-21(16(22)2)18-5-7-19(24)8-6-18/h5-9,11,13-15H,4,10,12H2,1-3H3. The second-order valence-electron chi connectivity index (χ2n) is 7.10. The molecule has 0 spiro atoms. The van der Waals surface area contributed by atoms with Gasteiger partial charge in [-0.05, 0) is 66.4 Å². The first kappa shape index (κ1) is 22.6. The van der Waals surface area contributed by atoms with Gasteiger partial charge in [0.05, 0.1) is 18.1 Å². The van der Waals surface area contributed by atoms with E-state index in [4.69, 9.17) is 9.47 Å². The van der Waals surface area contributed by atoms with E-state index in [0.717, 1.165) is 22.9 Å². The fraction of sp³-hybridized carbons (Fsp3) is 0.261. The molecule has 6 nitrogen and oxygen atoms in total. The van der Waals surface area contributed by atoms with Crippen molar-refractivity contribution >= 4 is 16.0 Å². The molecule has 3 aromatic rings. The van der Waals surface area contributed by atoms with Crippen LogP contribution in [0.3, 0.4) is 0 Å². The normalized spacial score (nSPS) is 11.4. The minimum absolute atomic E-state index is 0.173. The van der Waals surface area contributed by atoms with Gasteiger partial charge in [0.2, 0.25) is 0 Å². The van der Waals surface area contributed by atoms with Gasteiger partial charge in [-0.25, -0.2) is 17.6 Å². The summed E-state index contributed by atoms with van der Waals surface area (Å²) in [6.45, 7) is 4.02. The van der Waals surface area contributed by atoms with Gasteiger partial charge in [0.25, 0.3) is 0 Å². The van der Waals surface area contributed by atoms with Crippen LogP contribution in [0.2, 0.25) is 0 Å². The quantitative estimate of drug-likeness (QED) is 0.493. The largest absolute Gasteiger partial charge is 0.508 e. The van der Waals surface area contributed by atoms with Gasteiger partial charge in [0.15, 0.2) is 9.84 Å². The van der Waals surface area contributed by atoms with Gasteiger partial charge in [-0.15, -0.1) is 0 Å². The summed E-state index contributed by atoms with van der Waals surface area (Å²) in [6, 6.07) is 11.1. The SMILES string of the molecule is CCOC(=O)OCCc1ccn(-c2cc(S(C)(=O)=O)cc(-c3ccc(F)cc3)c2C)c1. The molecule has 0 radical (unpaired) electrons. The van der Waals surface area contributed by atoms with E-state index in [-0.39, 0.29) is 23.9 Å². The smallest absolute Gasteiger partial charge is 0.435 e. The Morgan fingerprint density at radius 2 is 1.81 bits per heavy atom. The Morgan fingerprint density at radius 1 is 1.10 bits per heavy atom. The van der Waals surface area contributed by atoms with E-state index in [2.05, 4.69) is 0 Å². The van der Waals surface area contributed by atoms with Crippen LogP contribution in [-0.4, -0.2) is 38.6 Å². The van der Waals surface area contributed by atoms with Crippen LogP contribution in [0.25, 0.3) is 16.8 Å². The van der Waals surface area contributed by atoms with Crippen LogP contribution in [-0.2, 0) is 25.7 Å². The molecule has 2 aromatic carbocycles. The van der Waals surface area contributed by atoms with Crippen LogP contribution < -0.4 is 0 Å². The fourth-order valence-corrected chi connectivity index (χ4v) is 3.89. The van der Waals surface area contributed by atoms with Gasteiger partial charge < -0.3 is 14.0 Å². The van der Waals surface area contributed by atoms with Crippen molar-refractivity contribution in [3.8, 4) is 16.8 Å². The van der Waals surface area contributed by atoms with Crippen molar-refractivity contribution in [3.63, 3.8) is 0 Å². The van der Waals surface area contributed by atoms with Crippen molar-refractivity contribution in [2.45, 2.75) is 25.2 Å². The lowest BCUT2D eigenvalue weighted by molar-refractivity contribution is 0.0599. The number of nitrogens with zero attached hydrogens (tertiary/aromatic N) is 1. The minimum Gasteiger partial charge on any atom is -0.435 e. The lowest BCUT2D eigenvalue weighted by atomic mass is 9.99. The maximum atomic E-state index is 13.4. The molecule has 0 fully saturated rings. The summed E-state index contributed by atoms with van der Waals surface area (Å²) < 4.78 is 49.5. The third-order valence-electron chi connectivity index (χ3n) is 4.84. The second-order valence-corrected chi connectivity index (χ2v) is 9.12. The highest BCUT2D eigenvalue weighted by Crippen LogP contribution is 2.32. The van der Waals surface area contributed by atoms with Crippen LogP contribution in [0, 0.1) is 12.7 Å². The van der Waals surface area contributed by atoms with Gasteiger partial charge in [-0.1, -0.05) is 12.1 Å². The molecule has 0 saturated carbocycles. The third kappa shape index (κ3) is 5.52. The number of hydrogen-bond donors (Lipinski definition) is 0. The highest BCUT2D eigenvalue weighted by molar-refractivity contribution is 7.90. The molecule has 0 saturated heterocycles. The number of carbonyl (C=O) groups excluding carboxylic acids is 1. The second kappa shape index (κ2) is 9.34. The first-order chi connectivity index (χ1) is 14.7. The highest BCUT2D eigenvalue weighted by Gasteiger charge is 2.16. The van der Waals surface area contributed by atoms with Gasteiger partial charge >= 0.3 is 6.16 Å². The summed E-state index contributed by atoms with van der Waals surface area (Å²) in [6.07, 6.45) is 4.62. The third-order valence-corrected chi connectivity index (χ3v) is 5.93. The Bertz CT molecular complexity index is 1180. The summed E-state index contributed by atoms with van der Waals surface area (Å²) in [5.41, 5.74) is 3.89. The molecule has 8 heteroatoms. The summed E-state index contributed by atoms with van der Waals surface area (Å²) in [5.74, 6) is -0.360. The lowest BCUT2D eigenvalue weighted by Gasteiger charge is -2.15. The topological polar surface area (TPSA) is 74.6 Å². The molecular formula is C23H24FNO5S. The minimum atomic E-state index is -3.47.